The van der Waals surface area contributed by atoms with Crippen LogP contribution < -0.4 is 0 Å². The Morgan fingerprint density at radius 2 is 2.10 bits per heavy atom. The van der Waals surface area contributed by atoms with Crippen molar-refractivity contribution in [3.63, 3.8) is 0 Å². The highest BCUT2D eigenvalue weighted by molar-refractivity contribution is 4.70. The van der Waals surface area contributed by atoms with E-state index in [1.165, 1.54) is 0 Å². The smallest absolute Gasteiger partial charge is 0.0461 e. The van der Waals surface area contributed by atoms with Gasteiger partial charge in [-0.3, -0.25) is 0 Å². The van der Waals surface area contributed by atoms with E-state index in [-0.39, 0.29) is 0 Å². The van der Waals surface area contributed by atoms with Crippen molar-refractivity contribution in [3.8, 4) is 0 Å². The molecule has 0 aliphatic heterocycles. The zero-order valence-electron chi connectivity index (χ0n) is 7.01. The van der Waals surface area contributed by atoms with E-state index >= 15 is 0 Å². The molecule has 1 N–H and O–H groups in total. The summed E-state index contributed by atoms with van der Waals surface area (Å²) in [5.74, 6) is 1.04. The van der Waals surface area contributed by atoms with Crippen molar-refractivity contribution in [2.75, 3.05) is 6.61 Å². The molecule has 10 heavy (non-hydrogen) atoms. The summed E-state index contributed by atoms with van der Waals surface area (Å²) in [4.78, 5) is 0. The summed E-state index contributed by atoms with van der Waals surface area (Å²) in [6.45, 7) is 8.24. The first kappa shape index (κ1) is 9.70. The third-order valence-corrected chi connectivity index (χ3v) is 1.92. The van der Waals surface area contributed by atoms with Crippen molar-refractivity contribution < 1.29 is 5.11 Å². The molecule has 1 heteroatoms. The van der Waals surface area contributed by atoms with E-state index in [0.717, 1.165) is 12.8 Å². The zero-order chi connectivity index (χ0) is 7.98. The molecule has 0 saturated heterocycles. The van der Waals surface area contributed by atoms with Crippen molar-refractivity contribution in [1.29, 1.82) is 0 Å². The first-order valence-corrected chi connectivity index (χ1v) is 3.94. The molecule has 0 bridgehead atoms. The average Bonchev–Trinajstić information content (AvgIpc) is 1.89. The molecule has 0 spiro atoms. The van der Waals surface area contributed by atoms with E-state index in [4.69, 9.17) is 5.11 Å². The van der Waals surface area contributed by atoms with Gasteiger partial charge in [0.05, 0.1) is 0 Å². The number of hydrogen-bond acceptors (Lipinski definition) is 1. The minimum atomic E-state index is 0.311. The van der Waals surface area contributed by atoms with Crippen LogP contribution in [0, 0.1) is 11.8 Å². The topological polar surface area (TPSA) is 20.2 Å². The van der Waals surface area contributed by atoms with Gasteiger partial charge in [-0.2, -0.15) is 0 Å². The minimum Gasteiger partial charge on any atom is -0.396 e. The maximum Gasteiger partial charge on any atom is 0.0461 e. The lowest BCUT2D eigenvalue weighted by Crippen LogP contribution is -2.12. The SMILES string of the molecule is C=CCC[C@@H](CO)C(C)C. The first-order valence-electron chi connectivity index (χ1n) is 3.94. The summed E-state index contributed by atoms with van der Waals surface area (Å²) in [6.07, 6.45) is 3.99. The second-order valence-corrected chi connectivity index (χ2v) is 3.05. The molecule has 0 aliphatic carbocycles. The normalized spacial score (nSPS) is 13.6. The van der Waals surface area contributed by atoms with Gasteiger partial charge in [-0.1, -0.05) is 19.9 Å². The molecule has 0 aromatic rings. The largest absolute Gasteiger partial charge is 0.396 e. The van der Waals surface area contributed by atoms with E-state index in [2.05, 4.69) is 20.4 Å². The van der Waals surface area contributed by atoms with E-state index in [0.29, 0.717) is 18.4 Å². The molecular weight excluding hydrogens is 124 g/mol. The Kier molecular flexibility index (Phi) is 5.32. The number of allylic oxidation sites excluding steroid dienone is 1. The summed E-state index contributed by atoms with van der Waals surface area (Å²) in [7, 11) is 0. The van der Waals surface area contributed by atoms with Gasteiger partial charge in [0, 0.05) is 6.61 Å². The van der Waals surface area contributed by atoms with Gasteiger partial charge >= 0.3 is 0 Å². The van der Waals surface area contributed by atoms with Gasteiger partial charge in [0.2, 0.25) is 0 Å². The molecule has 0 radical (unpaired) electrons. The Bertz CT molecular complexity index is 86.7. The Morgan fingerprint density at radius 1 is 1.50 bits per heavy atom. The lowest BCUT2D eigenvalue weighted by atomic mass is 9.92. The van der Waals surface area contributed by atoms with Crippen molar-refractivity contribution in [3.05, 3.63) is 12.7 Å². The highest BCUT2D eigenvalue weighted by Crippen LogP contribution is 2.15. The van der Waals surface area contributed by atoms with Gasteiger partial charge < -0.3 is 5.11 Å². The maximum atomic E-state index is 8.89. The Morgan fingerprint density at radius 3 is 2.40 bits per heavy atom. The average molecular weight is 142 g/mol. The monoisotopic (exact) mass is 142 g/mol. The fourth-order valence-corrected chi connectivity index (χ4v) is 0.967. The Balaban J connectivity index is 3.49. The fraction of sp³-hybridized carbons (Fsp3) is 0.778. The molecule has 0 aromatic heterocycles. The van der Waals surface area contributed by atoms with Gasteiger partial charge in [0.1, 0.15) is 0 Å². The van der Waals surface area contributed by atoms with Crippen LogP contribution >= 0.6 is 0 Å². The first-order chi connectivity index (χ1) is 4.72. The minimum absolute atomic E-state index is 0.311. The van der Waals surface area contributed by atoms with E-state index < -0.39 is 0 Å². The van der Waals surface area contributed by atoms with Crippen LogP contribution in [0.15, 0.2) is 12.7 Å². The number of rotatable bonds is 5. The van der Waals surface area contributed by atoms with Crippen LogP contribution in [0.5, 0.6) is 0 Å². The molecule has 0 aliphatic rings. The summed E-state index contributed by atoms with van der Waals surface area (Å²) in [5, 5.41) is 8.89. The molecule has 0 rings (SSSR count). The lowest BCUT2D eigenvalue weighted by molar-refractivity contribution is 0.182. The van der Waals surface area contributed by atoms with Crippen molar-refractivity contribution in [1.82, 2.24) is 0 Å². The molecule has 0 aromatic carbocycles. The highest BCUT2D eigenvalue weighted by Gasteiger charge is 2.09. The Hall–Kier alpha value is -0.300. The molecule has 0 amide bonds. The summed E-state index contributed by atoms with van der Waals surface area (Å²) in [6, 6.07) is 0. The van der Waals surface area contributed by atoms with Crippen LogP contribution in [0.25, 0.3) is 0 Å². The zero-order valence-corrected chi connectivity index (χ0v) is 7.01. The number of aliphatic hydroxyl groups is 1. The van der Waals surface area contributed by atoms with Crippen LogP contribution in [0.2, 0.25) is 0 Å². The van der Waals surface area contributed by atoms with Crippen molar-refractivity contribution in [2.45, 2.75) is 26.7 Å². The van der Waals surface area contributed by atoms with Gasteiger partial charge in [0.15, 0.2) is 0 Å². The standard InChI is InChI=1S/C9H18O/c1-4-5-6-9(7-10)8(2)3/h4,8-10H,1,5-7H2,2-3H3/t9-/m0/s1. The third-order valence-electron chi connectivity index (χ3n) is 1.92. The molecule has 0 heterocycles. The predicted octanol–water partition coefficient (Wildman–Crippen LogP) is 2.22. The molecule has 0 unspecified atom stereocenters. The molecule has 60 valence electrons. The summed E-state index contributed by atoms with van der Waals surface area (Å²) >= 11 is 0. The quantitative estimate of drug-likeness (QED) is 0.583. The number of hydrogen-bond donors (Lipinski definition) is 1. The maximum absolute atomic E-state index is 8.89. The van der Waals surface area contributed by atoms with E-state index in [9.17, 15) is 0 Å². The Labute approximate surface area is 63.8 Å². The molecular formula is C9H18O. The molecule has 0 saturated carbocycles. The van der Waals surface area contributed by atoms with Crippen molar-refractivity contribution >= 4 is 0 Å². The van der Waals surface area contributed by atoms with E-state index in [1.807, 2.05) is 6.08 Å². The third kappa shape index (κ3) is 3.67. The van der Waals surface area contributed by atoms with Gasteiger partial charge in [-0.15, -0.1) is 6.58 Å². The predicted molar refractivity (Wildman–Crippen MR) is 44.8 cm³/mol. The second kappa shape index (κ2) is 5.48. The second-order valence-electron chi connectivity index (χ2n) is 3.05. The fourth-order valence-electron chi connectivity index (χ4n) is 0.967. The van der Waals surface area contributed by atoms with Gasteiger partial charge in [0.25, 0.3) is 0 Å². The molecule has 1 nitrogen and oxygen atoms in total. The van der Waals surface area contributed by atoms with Crippen LogP contribution in [-0.2, 0) is 0 Å². The molecule has 1 atom stereocenters. The van der Waals surface area contributed by atoms with Crippen LogP contribution in [-0.4, -0.2) is 11.7 Å². The summed E-state index contributed by atoms with van der Waals surface area (Å²) < 4.78 is 0. The van der Waals surface area contributed by atoms with Gasteiger partial charge in [-0.05, 0) is 24.7 Å². The van der Waals surface area contributed by atoms with Crippen molar-refractivity contribution in [2.24, 2.45) is 11.8 Å². The highest BCUT2D eigenvalue weighted by atomic mass is 16.3. The van der Waals surface area contributed by atoms with Gasteiger partial charge in [-0.25, -0.2) is 0 Å². The van der Waals surface area contributed by atoms with Crippen LogP contribution in [0.3, 0.4) is 0 Å². The number of aliphatic hydroxyl groups excluding tert-OH is 1. The van der Waals surface area contributed by atoms with E-state index in [1.54, 1.807) is 0 Å². The lowest BCUT2D eigenvalue weighted by Gasteiger charge is -2.16. The molecule has 0 fully saturated rings. The van der Waals surface area contributed by atoms with Crippen LogP contribution in [0.1, 0.15) is 26.7 Å². The summed E-state index contributed by atoms with van der Waals surface area (Å²) in [5.41, 5.74) is 0. The van der Waals surface area contributed by atoms with Crippen LogP contribution in [0.4, 0.5) is 0 Å².